The quantitative estimate of drug-likeness (QED) is 0.406. The molecule has 0 radical (unpaired) electrons. The monoisotopic (exact) mass is 390 g/mol. The molecule has 142 valence electrons. The van der Waals surface area contributed by atoms with Gasteiger partial charge in [-0.3, -0.25) is 9.59 Å². The fraction of sp³-hybridized carbons (Fsp3) is 0.727. The summed E-state index contributed by atoms with van der Waals surface area (Å²) in [7, 11) is 0. The van der Waals surface area contributed by atoms with Crippen LogP contribution in [0.5, 0.6) is 0 Å². The minimum Gasteiger partial charge on any atom is -0.299 e. The van der Waals surface area contributed by atoms with E-state index in [1.807, 2.05) is 17.8 Å². The van der Waals surface area contributed by atoms with E-state index in [1.165, 1.54) is 5.57 Å². The van der Waals surface area contributed by atoms with Gasteiger partial charge in [0.05, 0.1) is 0 Å². The molecule has 2 nitrogen and oxygen atoms in total. The zero-order chi connectivity index (χ0) is 18.4. The maximum Gasteiger partial charge on any atom is 0.155 e. The van der Waals surface area contributed by atoms with Gasteiger partial charge in [-0.1, -0.05) is 24.1 Å². The summed E-state index contributed by atoms with van der Waals surface area (Å²) in [5.41, 5.74) is 2.98. The van der Waals surface area contributed by atoms with Crippen LogP contribution in [0, 0.1) is 22.7 Å². The first-order chi connectivity index (χ1) is 12.5. The van der Waals surface area contributed by atoms with Gasteiger partial charge in [-0.2, -0.15) is 24.4 Å². The van der Waals surface area contributed by atoms with Crippen LogP contribution in [0.4, 0.5) is 0 Å². The lowest BCUT2D eigenvalue weighted by Gasteiger charge is -2.53. The predicted molar refractivity (Wildman–Crippen MR) is 112 cm³/mol. The van der Waals surface area contributed by atoms with Gasteiger partial charge in [0.25, 0.3) is 0 Å². The predicted octanol–water partition coefficient (Wildman–Crippen LogP) is 5.04. The molecule has 0 saturated heterocycles. The van der Waals surface area contributed by atoms with Gasteiger partial charge in [0.2, 0.25) is 0 Å². The minimum absolute atomic E-state index is 0.105. The number of carbonyl (C=O) groups is 2. The number of allylic oxidation sites excluding steroid dienone is 4. The summed E-state index contributed by atoms with van der Waals surface area (Å²) in [4.78, 5) is 24.7. The number of rotatable bonds is 5. The highest BCUT2D eigenvalue weighted by Gasteiger charge is 2.56. The Labute approximate surface area is 167 Å². The first kappa shape index (κ1) is 18.9. The standard InChI is InChI=1S/C22H30O2S2/c1-21-8-7-19-17(18(21)4-5-20(21)24)3-2-15-14-16(23)6-9-22(15,19)10-12-26-13-11-25/h7,14,17-18,25H,2-6,8-13H2,1H3/t17-,18-,21-,22+/m0/s1. The second kappa shape index (κ2) is 7.16. The highest BCUT2D eigenvalue weighted by molar-refractivity contribution is 7.99. The summed E-state index contributed by atoms with van der Waals surface area (Å²) < 4.78 is 0. The van der Waals surface area contributed by atoms with Crippen LogP contribution in [-0.4, -0.2) is 28.8 Å². The van der Waals surface area contributed by atoms with Gasteiger partial charge in [-0.15, -0.1) is 0 Å². The van der Waals surface area contributed by atoms with Crippen molar-refractivity contribution in [3.63, 3.8) is 0 Å². The Morgan fingerprint density at radius 2 is 2.04 bits per heavy atom. The molecule has 0 aromatic heterocycles. The lowest BCUT2D eigenvalue weighted by Crippen LogP contribution is -2.46. The second-order valence-corrected chi connectivity index (χ2v) is 10.5. The van der Waals surface area contributed by atoms with Gasteiger partial charge >= 0.3 is 0 Å². The molecule has 0 unspecified atom stereocenters. The number of hydrogen-bond donors (Lipinski definition) is 1. The van der Waals surface area contributed by atoms with Crippen molar-refractivity contribution in [1.29, 1.82) is 0 Å². The molecular weight excluding hydrogens is 360 g/mol. The van der Waals surface area contributed by atoms with E-state index in [0.717, 1.165) is 62.2 Å². The number of thiol groups is 1. The summed E-state index contributed by atoms with van der Waals surface area (Å²) in [5, 5.41) is 0. The van der Waals surface area contributed by atoms with Gasteiger partial charge in [0, 0.05) is 29.4 Å². The summed E-state index contributed by atoms with van der Waals surface area (Å²) in [6, 6.07) is 0. The normalized spacial score (nSPS) is 39.0. The summed E-state index contributed by atoms with van der Waals surface area (Å²) in [6.45, 7) is 2.21. The molecule has 4 atom stereocenters. The second-order valence-electron chi connectivity index (χ2n) is 8.80. The fourth-order valence-electron chi connectivity index (χ4n) is 6.30. The van der Waals surface area contributed by atoms with E-state index < -0.39 is 0 Å². The molecule has 2 saturated carbocycles. The first-order valence-electron chi connectivity index (χ1n) is 10.2. The van der Waals surface area contributed by atoms with Crippen molar-refractivity contribution in [2.75, 3.05) is 17.3 Å². The van der Waals surface area contributed by atoms with Gasteiger partial charge in [-0.25, -0.2) is 0 Å². The molecule has 4 heteroatoms. The Morgan fingerprint density at radius 3 is 2.85 bits per heavy atom. The third-order valence-electron chi connectivity index (χ3n) is 7.70. The van der Waals surface area contributed by atoms with Crippen LogP contribution < -0.4 is 0 Å². The van der Waals surface area contributed by atoms with E-state index in [2.05, 4.69) is 25.6 Å². The Balaban J connectivity index is 1.69. The Hall–Kier alpha value is -0.480. The minimum atomic E-state index is -0.123. The van der Waals surface area contributed by atoms with Crippen LogP contribution in [0.2, 0.25) is 0 Å². The maximum absolute atomic E-state index is 12.6. The highest BCUT2D eigenvalue weighted by Crippen LogP contribution is 2.63. The Kier molecular flexibility index (Phi) is 5.20. The van der Waals surface area contributed by atoms with Crippen LogP contribution in [0.15, 0.2) is 23.3 Å². The van der Waals surface area contributed by atoms with E-state index in [4.69, 9.17) is 0 Å². The molecule has 4 aliphatic rings. The van der Waals surface area contributed by atoms with Crippen molar-refractivity contribution in [2.45, 2.75) is 58.3 Å². The van der Waals surface area contributed by atoms with Crippen LogP contribution in [-0.2, 0) is 9.59 Å². The fourth-order valence-corrected chi connectivity index (χ4v) is 7.52. The molecule has 0 aliphatic heterocycles. The molecule has 0 aromatic carbocycles. The van der Waals surface area contributed by atoms with Gasteiger partial charge < -0.3 is 0 Å². The number of ketones is 2. The van der Waals surface area contributed by atoms with Crippen LogP contribution in [0.3, 0.4) is 0 Å². The van der Waals surface area contributed by atoms with Crippen LogP contribution in [0.1, 0.15) is 58.3 Å². The van der Waals surface area contributed by atoms with Crippen molar-refractivity contribution in [3.8, 4) is 0 Å². The average molecular weight is 391 g/mol. The Bertz CT molecular complexity index is 680. The van der Waals surface area contributed by atoms with E-state index in [9.17, 15) is 9.59 Å². The number of hydrogen-bond acceptors (Lipinski definition) is 4. The number of Topliss-reactive ketones (excluding diaryl/α,β-unsaturated/α-hetero) is 1. The third kappa shape index (κ3) is 2.87. The molecule has 2 fully saturated rings. The Morgan fingerprint density at radius 1 is 1.19 bits per heavy atom. The van der Waals surface area contributed by atoms with Gasteiger partial charge in [-0.05, 0) is 67.9 Å². The van der Waals surface area contributed by atoms with E-state index in [0.29, 0.717) is 29.8 Å². The zero-order valence-corrected chi connectivity index (χ0v) is 17.5. The molecule has 0 amide bonds. The largest absolute Gasteiger partial charge is 0.299 e. The summed E-state index contributed by atoms with van der Waals surface area (Å²) in [6.07, 6.45) is 12.2. The van der Waals surface area contributed by atoms with Crippen molar-refractivity contribution in [2.24, 2.45) is 22.7 Å². The lowest BCUT2D eigenvalue weighted by atomic mass is 9.50. The van der Waals surface area contributed by atoms with Crippen LogP contribution in [0.25, 0.3) is 0 Å². The number of thioether (sulfide) groups is 1. The smallest absolute Gasteiger partial charge is 0.155 e. The van der Waals surface area contributed by atoms with E-state index >= 15 is 0 Å². The molecule has 4 aliphatic carbocycles. The van der Waals surface area contributed by atoms with Gasteiger partial charge in [0.15, 0.2) is 5.78 Å². The molecule has 0 heterocycles. The molecule has 4 rings (SSSR count). The molecule has 0 N–H and O–H groups in total. The summed E-state index contributed by atoms with van der Waals surface area (Å²) >= 11 is 6.32. The molecule has 0 bridgehead atoms. The summed E-state index contributed by atoms with van der Waals surface area (Å²) in [5.74, 6) is 5.03. The van der Waals surface area contributed by atoms with Crippen LogP contribution >= 0.6 is 24.4 Å². The van der Waals surface area contributed by atoms with Crippen molar-refractivity contribution in [3.05, 3.63) is 23.3 Å². The topological polar surface area (TPSA) is 34.1 Å². The zero-order valence-electron chi connectivity index (χ0n) is 15.8. The molecule has 0 spiro atoms. The molecule has 26 heavy (non-hydrogen) atoms. The molecular formula is C22H30O2S2. The van der Waals surface area contributed by atoms with E-state index in [1.54, 1.807) is 5.57 Å². The molecule has 0 aromatic rings. The number of carbonyl (C=O) groups excluding carboxylic acids is 2. The van der Waals surface area contributed by atoms with Crippen molar-refractivity contribution in [1.82, 2.24) is 0 Å². The highest BCUT2D eigenvalue weighted by atomic mass is 32.2. The maximum atomic E-state index is 12.6. The van der Waals surface area contributed by atoms with E-state index in [-0.39, 0.29) is 10.8 Å². The average Bonchev–Trinajstić information content (AvgIpc) is 2.94. The van der Waals surface area contributed by atoms with Crippen molar-refractivity contribution < 1.29 is 9.59 Å². The third-order valence-corrected chi connectivity index (χ3v) is 9.21. The lowest BCUT2D eigenvalue weighted by molar-refractivity contribution is -0.127. The number of fused-ring (bicyclic) bond motifs is 5. The SMILES string of the molecule is C[C@]12CC=C3[C@@H](CCC4=CC(=O)CC[C@@]43CCSCCS)[C@@H]1CCC2=O. The van der Waals surface area contributed by atoms with Crippen molar-refractivity contribution >= 4 is 36.0 Å². The van der Waals surface area contributed by atoms with Gasteiger partial charge in [0.1, 0.15) is 5.78 Å². The first-order valence-corrected chi connectivity index (χ1v) is 12.0.